The third kappa shape index (κ3) is 3.99. The average Bonchev–Trinajstić information content (AvgIpc) is 2.57. The summed E-state index contributed by atoms with van der Waals surface area (Å²) in [7, 11) is 0. The van der Waals surface area contributed by atoms with E-state index in [1.807, 2.05) is 0 Å². The Hall–Kier alpha value is -0.560. The molecule has 1 aliphatic carbocycles. The van der Waals surface area contributed by atoms with Crippen molar-refractivity contribution in [2.24, 2.45) is 5.92 Å². The van der Waals surface area contributed by atoms with Crippen molar-refractivity contribution in [3.63, 3.8) is 0 Å². The lowest BCUT2D eigenvalue weighted by Gasteiger charge is -2.24. The second kappa shape index (κ2) is 6.39. The maximum absolute atomic E-state index is 2.65. The molecule has 1 heteroatoms. The van der Waals surface area contributed by atoms with Gasteiger partial charge in [0.15, 0.2) is 0 Å². The lowest BCUT2D eigenvalue weighted by atomic mass is 9.90. The van der Waals surface area contributed by atoms with Crippen LogP contribution in [0.15, 0.2) is 23.3 Å². The summed E-state index contributed by atoms with van der Waals surface area (Å²) in [5.41, 5.74) is 3.22. The summed E-state index contributed by atoms with van der Waals surface area (Å²) >= 11 is 0. The molecule has 0 saturated carbocycles. The van der Waals surface area contributed by atoms with Gasteiger partial charge in [-0.15, -0.1) is 0 Å². The van der Waals surface area contributed by atoms with Gasteiger partial charge in [0.05, 0.1) is 0 Å². The number of nitrogens with zero attached hydrogens (tertiary/aromatic N) is 1. The van der Waals surface area contributed by atoms with Crippen LogP contribution in [-0.2, 0) is 0 Å². The summed E-state index contributed by atoms with van der Waals surface area (Å²) in [5.74, 6) is 0.747. The molecular weight excluding hydrogens is 206 g/mol. The summed E-state index contributed by atoms with van der Waals surface area (Å²) in [6.45, 7) is 8.44. The molecule has 17 heavy (non-hydrogen) atoms. The normalized spacial score (nSPS) is 27.3. The Bertz CT molecular complexity index is 293. The van der Waals surface area contributed by atoms with Gasteiger partial charge in [0, 0.05) is 6.54 Å². The summed E-state index contributed by atoms with van der Waals surface area (Å²) < 4.78 is 0. The number of likely N-dealkylation sites (tertiary alicyclic amines) is 1. The fourth-order valence-electron chi connectivity index (χ4n) is 3.10. The van der Waals surface area contributed by atoms with Gasteiger partial charge in [0.25, 0.3) is 0 Å². The second-order valence-electron chi connectivity index (χ2n) is 5.77. The van der Waals surface area contributed by atoms with E-state index in [1.54, 1.807) is 11.1 Å². The molecule has 0 bridgehead atoms. The van der Waals surface area contributed by atoms with Crippen LogP contribution in [0.1, 0.15) is 52.4 Å². The van der Waals surface area contributed by atoms with E-state index in [1.165, 1.54) is 58.2 Å². The third-order valence-corrected chi connectivity index (χ3v) is 4.03. The first kappa shape index (κ1) is 12.9. The minimum Gasteiger partial charge on any atom is -0.299 e. The first-order valence-electron chi connectivity index (χ1n) is 7.40. The van der Waals surface area contributed by atoms with Crippen LogP contribution in [0.5, 0.6) is 0 Å². The highest BCUT2D eigenvalue weighted by atomic mass is 15.1. The molecule has 1 nitrogen and oxygen atoms in total. The minimum absolute atomic E-state index is 0.747. The number of allylic oxidation sites excluding steroid dienone is 2. The highest BCUT2D eigenvalue weighted by Crippen LogP contribution is 2.25. The summed E-state index contributed by atoms with van der Waals surface area (Å²) in [4.78, 5) is 2.65. The molecule has 0 aromatic rings. The van der Waals surface area contributed by atoms with Crippen molar-refractivity contribution in [2.75, 3.05) is 19.6 Å². The molecule has 0 spiro atoms. The monoisotopic (exact) mass is 233 g/mol. The van der Waals surface area contributed by atoms with Crippen molar-refractivity contribution >= 4 is 0 Å². The highest BCUT2D eigenvalue weighted by Gasteiger charge is 2.14. The lowest BCUT2D eigenvalue weighted by molar-refractivity contribution is 0.310. The smallest absolute Gasteiger partial charge is 0.0230 e. The van der Waals surface area contributed by atoms with Crippen LogP contribution in [0.2, 0.25) is 0 Å². The molecule has 1 fully saturated rings. The minimum atomic E-state index is 0.747. The first-order valence-corrected chi connectivity index (χ1v) is 7.40. The van der Waals surface area contributed by atoms with Crippen LogP contribution in [-0.4, -0.2) is 24.5 Å². The number of rotatable bonds is 3. The fraction of sp³-hybridized carbons (Fsp3) is 0.750. The van der Waals surface area contributed by atoms with E-state index in [2.05, 4.69) is 30.9 Å². The molecule has 0 aromatic heterocycles. The summed E-state index contributed by atoms with van der Waals surface area (Å²) in [6.07, 6.45) is 13.1. The predicted molar refractivity (Wildman–Crippen MR) is 75.1 cm³/mol. The van der Waals surface area contributed by atoms with Gasteiger partial charge in [-0.1, -0.05) is 44.4 Å². The maximum Gasteiger partial charge on any atom is 0.0230 e. The van der Waals surface area contributed by atoms with Gasteiger partial charge in [-0.3, -0.25) is 4.90 Å². The zero-order valence-corrected chi connectivity index (χ0v) is 11.5. The van der Waals surface area contributed by atoms with E-state index in [-0.39, 0.29) is 0 Å². The maximum atomic E-state index is 2.65. The zero-order chi connectivity index (χ0) is 12.1. The number of hydrogen-bond acceptors (Lipinski definition) is 1. The Kier molecular flexibility index (Phi) is 4.85. The Morgan fingerprint density at radius 3 is 2.53 bits per heavy atom. The lowest BCUT2D eigenvalue weighted by Crippen LogP contribution is -2.27. The fourth-order valence-corrected chi connectivity index (χ4v) is 3.10. The quantitative estimate of drug-likeness (QED) is 0.707. The zero-order valence-electron chi connectivity index (χ0n) is 11.5. The molecule has 1 unspecified atom stereocenters. The van der Waals surface area contributed by atoms with Crippen molar-refractivity contribution in [3.05, 3.63) is 23.3 Å². The molecule has 1 heterocycles. The molecule has 0 aromatic carbocycles. The van der Waals surface area contributed by atoms with Crippen molar-refractivity contribution in [1.29, 1.82) is 0 Å². The van der Waals surface area contributed by atoms with Gasteiger partial charge in [0.2, 0.25) is 0 Å². The van der Waals surface area contributed by atoms with E-state index in [0.717, 1.165) is 5.92 Å². The van der Waals surface area contributed by atoms with Gasteiger partial charge in [-0.05, 0) is 50.3 Å². The largest absolute Gasteiger partial charge is 0.299 e. The van der Waals surface area contributed by atoms with Crippen molar-refractivity contribution < 1.29 is 0 Å². The Balaban J connectivity index is 1.94. The van der Waals surface area contributed by atoms with E-state index < -0.39 is 0 Å². The van der Waals surface area contributed by atoms with Gasteiger partial charge < -0.3 is 0 Å². The molecule has 1 aliphatic heterocycles. The predicted octanol–water partition coefficient (Wildman–Crippen LogP) is 4.17. The van der Waals surface area contributed by atoms with Crippen LogP contribution < -0.4 is 0 Å². The third-order valence-electron chi connectivity index (χ3n) is 4.03. The van der Waals surface area contributed by atoms with E-state index >= 15 is 0 Å². The Labute approximate surface area is 107 Å². The van der Waals surface area contributed by atoms with Crippen LogP contribution in [0.25, 0.3) is 0 Å². The standard InChI is InChI=1S/C16H27N/c1-3-15-10-14(2)11-16(12-15)13-17-8-6-4-5-7-9-17/h11-12,14H,3-10,13H2,1-2H3. The van der Waals surface area contributed by atoms with Crippen molar-refractivity contribution in [2.45, 2.75) is 52.4 Å². The molecular formula is C16H27N. The van der Waals surface area contributed by atoms with E-state index in [4.69, 9.17) is 0 Å². The van der Waals surface area contributed by atoms with Gasteiger partial charge in [-0.2, -0.15) is 0 Å². The topological polar surface area (TPSA) is 3.24 Å². The average molecular weight is 233 g/mol. The molecule has 1 atom stereocenters. The molecule has 2 aliphatic rings. The first-order chi connectivity index (χ1) is 8.28. The Morgan fingerprint density at radius 2 is 1.88 bits per heavy atom. The molecule has 0 radical (unpaired) electrons. The van der Waals surface area contributed by atoms with Crippen LogP contribution in [0.4, 0.5) is 0 Å². The second-order valence-corrected chi connectivity index (χ2v) is 5.77. The van der Waals surface area contributed by atoms with E-state index in [0.29, 0.717) is 0 Å². The SMILES string of the molecule is CCC1=CC(CN2CCCCCC2)=CC(C)C1. The Morgan fingerprint density at radius 1 is 1.18 bits per heavy atom. The van der Waals surface area contributed by atoms with Crippen LogP contribution in [0.3, 0.4) is 0 Å². The van der Waals surface area contributed by atoms with Crippen molar-refractivity contribution in [1.82, 2.24) is 4.90 Å². The summed E-state index contributed by atoms with van der Waals surface area (Å²) in [6, 6.07) is 0. The molecule has 0 amide bonds. The van der Waals surface area contributed by atoms with Gasteiger partial charge in [-0.25, -0.2) is 0 Å². The molecule has 0 N–H and O–H groups in total. The highest BCUT2D eigenvalue weighted by molar-refractivity contribution is 5.30. The van der Waals surface area contributed by atoms with Crippen molar-refractivity contribution in [3.8, 4) is 0 Å². The van der Waals surface area contributed by atoms with Crippen LogP contribution >= 0.6 is 0 Å². The van der Waals surface area contributed by atoms with E-state index in [9.17, 15) is 0 Å². The molecule has 1 saturated heterocycles. The van der Waals surface area contributed by atoms with Gasteiger partial charge >= 0.3 is 0 Å². The molecule has 2 rings (SSSR count). The summed E-state index contributed by atoms with van der Waals surface area (Å²) in [5, 5.41) is 0. The number of hydrogen-bond donors (Lipinski definition) is 0. The van der Waals surface area contributed by atoms with Gasteiger partial charge in [0.1, 0.15) is 0 Å². The van der Waals surface area contributed by atoms with Crippen LogP contribution in [0, 0.1) is 5.92 Å². The molecule has 96 valence electrons.